The highest BCUT2D eigenvalue weighted by Gasteiger charge is 2.28. The lowest BCUT2D eigenvalue weighted by Gasteiger charge is -2.20. The molecule has 0 aromatic carbocycles. The van der Waals surface area contributed by atoms with Gasteiger partial charge in [0.15, 0.2) is 0 Å². The number of ether oxygens (including phenoxy) is 1. The minimum absolute atomic E-state index is 0.205. The molecule has 0 spiro atoms. The van der Waals surface area contributed by atoms with Crippen LogP contribution in [0.3, 0.4) is 0 Å². The smallest absolute Gasteiger partial charge is 0.381 e. The third-order valence-corrected chi connectivity index (χ3v) is 3.48. The molecule has 0 bridgehead atoms. The van der Waals surface area contributed by atoms with Crippen molar-refractivity contribution in [3.63, 3.8) is 0 Å². The number of nitrogens with one attached hydrogen (secondary N) is 1. The van der Waals surface area contributed by atoms with E-state index in [0.717, 1.165) is 19.4 Å². The minimum Gasteiger partial charge on any atom is -0.381 e. The quantitative estimate of drug-likeness (QED) is 0.679. The molecule has 1 N–H and O–H groups in total. The van der Waals surface area contributed by atoms with E-state index in [-0.39, 0.29) is 6.61 Å². The first kappa shape index (κ1) is 15.8. The first-order chi connectivity index (χ1) is 8.53. The molecule has 1 saturated carbocycles. The molecule has 18 heavy (non-hydrogen) atoms. The lowest BCUT2D eigenvalue weighted by molar-refractivity contribution is -0.145. The van der Waals surface area contributed by atoms with Gasteiger partial charge in [0.25, 0.3) is 0 Å². The molecule has 108 valence electrons. The van der Waals surface area contributed by atoms with Crippen molar-refractivity contribution in [1.29, 1.82) is 0 Å². The highest BCUT2D eigenvalue weighted by molar-refractivity contribution is 4.82. The van der Waals surface area contributed by atoms with Crippen LogP contribution in [-0.4, -0.2) is 32.0 Å². The Kier molecular flexibility index (Phi) is 7.00. The fraction of sp³-hybridized carbons (Fsp3) is 1.00. The fourth-order valence-electron chi connectivity index (χ4n) is 2.51. The summed E-state index contributed by atoms with van der Waals surface area (Å²) in [6, 6.07) is 0.538. The summed E-state index contributed by atoms with van der Waals surface area (Å²) < 4.78 is 40.8. The topological polar surface area (TPSA) is 21.3 Å². The predicted molar refractivity (Wildman–Crippen MR) is 65.5 cm³/mol. The van der Waals surface area contributed by atoms with Gasteiger partial charge in [-0.3, -0.25) is 0 Å². The summed E-state index contributed by atoms with van der Waals surface area (Å²) in [6.07, 6.45) is 0.629. The fourth-order valence-corrected chi connectivity index (χ4v) is 2.51. The summed E-state index contributed by atoms with van der Waals surface area (Å²) in [5.41, 5.74) is 0. The molecule has 0 heterocycles. The summed E-state index contributed by atoms with van der Waals surface area (Å²) in [6.45, 7) is 3.40. The Morgan fingerprint density at radius 2 is 2.00 bits per heavy atom. The molecule has 2 nitrogen and oxygen atoms in total. The molecule has 0 aromatic heterocycles. The molecule has 1 fully saturated rings. The number of halogens is 3. The summed E-state index contributed by atoms with van der Waals surface area (Å²) in [7, 11) is 0. The van der Waals surface area contributed by atoms with E-state index in [0.29, 0.717) is 18.6 Å². The van der Waals surface area contributed by atoms with Crippen LogP contribution in [0, 0.1) is 5.92 Å². The molecule has 0 saturated heterocycles. The van der Waals surface area contributed by atoms with Crippen molar-refractivity contribution in [3.8, 4) is 0 Å². The van der Waals surface area contributed by atoms with E-state index in [1.165, 1.54) is 19.3 Å². The monoisotopic (exact) mass is 267 g/mol. The third-order valence-electron chi connectivity index (χ3n) is 3.48. The van der Waals surface area contributed by atoms with Gasteiger partial charge in [-0.1, -0.05) is 13.3 Å². The van der Waals surface area contributed by atoms with Crippen molar-refractivity contribution in [3.05, 3.63) is 0 Å². The maximum atomic E-state index is 11.9. The van der Waals surface area contributed by atoms with Crippen LogP contribution in [0.1, 0.15) is 45.4 Å². The number of hydrogen-bond donors (Lipinski definition) is 1. The predicted octanol–water partition coefficient (Wildman–Crippen LogP) is 3.51. The van der Waals surface area contributed by atoms with E-state index in [1.54, 1.807) is 0 Å². The normalized spacial score (nSPS) is 24.7. The van der Waals surface area contributed by atoms with Gasteiger partial charge in [0.1, 0.15) is 0 Å². The maximum absolute atomic E-state index is 11.9. The zero-order valence-corrected chi connectivity index (χ0v) is 11.1. The van der Waals surface area contributed by atoms with Crippen LogP contribution < -0.4 is 5.32 Å². The van der Waals surface area contributed by atoms with Gasteiger partial charge in [-0.25, -0.2) is 0 Å². The molecular weight excluding hydrogens is 243 g/mol. The van der Waals surface area contributed by atoms with Crippen LogP contribution in [0.4, 0.5) is 13.2 Å². The first-order valence-electron chi connectivity index (χ1n) is 6.91. The molecule has 1 aliphatic rings. The average Bonchev–Trinajstić information content (AvgIpc) is 2.72. The Hall–Kier alpha value is -0.290. The highest BCUT2D eigenvalue weighted by Crippen LogP contribution is 2.28. The van der Waals surface area contributed by atoms with Crippen molar-refractivity contribution >= 4 is 0 Å². The van der Waals surface area contributed by atoms with E-state index in [9.17, 15) is 13.2 Å². The molecule has 2 unspecified atom stereocenters. The van der Waals surface area contributed by atoms with Crippen LogP contribution >= 0.6 is 0 Å². The third kappa shape index (κ3) is 6.59. The van der Waals surface area contributed by atoms with Crippen LogP contribution in [0.2, 0.25) is 0 Å². The zero-order valence-electron chi connectivity index (χ0n) is 11.1. The van der Waals surface area contributed by atoms with Crippen LogP contribution in [0.15, 0.2) is 0 Å². The Morgan fingerprint density at radius 1 is 1.22 bits per heavy atom. The van der Waals surface area contributed by atoms with Gasteiger partial charge in [0.2, 0.25) is 0 Å². The van der Waals surface area contributed by atoms with Crippen molar-refractivity contribution in [2.75, 3.05) is 19.8 Å². The van der Waals surface area contributed by atoms with E-state index in [4.69, 9.17) is 4.74 Å². The van der Waals surface area contributed by atoms with Crippen molar-refractivity contribution in [2.45, 2.75) is 57.7 Å². The second-order valence-corrected chi connectivity index (χ2v) is 5.02. The second-order valence-electron chi connectivity index (χ2n) is 5.02. The van der Waals surface area contributed by atoms with E-state index >= 15 is 0 Å². The Bertz CT molecular complexity index is 221. The summed E-state index contributed by atoms with van der Waals surface area (Å²) in [4.78, 5) is 0. The SMILES string of the molecule is CCCNC1CCCC1CCOCCC(F)(F)F. The number of rotatable bonds is 8. The van der Waals surface area contributed by atoms with Crippen molar-refractivity contribution in [2.24, 2.45) is 5.92 Å². The number of alkyl halides is 3. The summed E-state index contributed by atoms with van der Waals surface area (Å²) in [5, 5.41) is 3.51. The minimum atomic E-state index is -4.10. The maximum Gasteiger partial charge on any atom is 0.391 e. The van der Waals surface area contributed by atoms with Crippen LogP contribution in [0.5, 0.6) is 0 Å². The lowest BCUT2D eigenvalue weighted by atomic mass is 10.00. The first-order valence-corrected chi connectivity index (χ1v) is 6.91. The average molecular weight is 267 g/mol. The molecule has 0 aliphatic heterocycles. The lowest BCUT2D eigenvalue weighted by Crippen LogP contribution is -2.33. The largest absolute Gasteiger partial charge is 0.391 e. The van der Waals surface area contributed by atoms with E-state index in [2.05, 4.69) is 12.2 Å². The molecule has 2 atom stereocenters. The van der Waals surface area contributed by atoms with Gasteiger partial charge in [-0.15, -0.1) is 0 Å². The standard InChI is InChI=1S/C13H24F3NO/c1-2-8-17-12-5-3-4-11(12)6-9-18-10-7-13(14,15)16/h11-12,17H,2-10H2,1H3. The highest BCUT2D eigenvalue weighted by atomic mass is 19.4. The molecule has 1 aliphatic carbocycles. The van der Waals surface area contributed by atoms with E-state index in [1.807, 2.05) is 0 Å². The Labute approximate surface area is 107 Å². The second kappa shape index (κ2) is 8.00. The molecular formula is C13H24F3NO. The van der Waals surface area contributed by atoms with Crippen molar-refractivity contribution in [1.82, 2.24) is 5.32 Å². The number of hydrogen-bond acceptors (Lipinski definition) is 2. The van der Waals surface area contributed by atoms with E-state index < -0.39 is 12.6 Å². The van der Waals surface area contributed by atoms with Gasteiger partial charge in [-0.05, 0) is 38.1 Å². The van der Waals surface area contributed by atoms with Crippen LogP contribution in [0.25, 0.3) is 0 Å². The van der Waals surface area contributed by atoms with Gasteiger partial charge in [0.05, 0.1) is 13.0 Å². The molecule has 5 heteroatoms. The summed E-state index contributed by atoms with van der Waals surface area (Å²) in [5.74, 6) is 0.572. The molecule has 0 aromatic rings. The zero-order chi connectivity index (χ0) is 13.4. The molecule has 0 radical (unpaired) electrons. The van der Waals surface area contributed by atoms with Gasteiger partial charge < -0.3 is 10.1 Å². The van der Waals surface area contributed by atoms with Crippen LogP contribution in [-0.2, 0) is 4.74 Å². The van der Waals surface area contributed by atoms with Gasteiger partial charge in [0, 0.05) is 12.6 Å². The van der Waals surface area contributed by atoms with Gasteiger partial charge >= 0.3 is 6.18 Å². The van der Waals surface area contributed by atoms with Gasteiger partial charge in [-0.2, -0.15) is 13.2 Å². The van der Waals surface area contributed by atoms with Crippen molar-refractivity contribution < 1.29 is 17.9 Å². The molecule has 1 rings (SSSR count). The summed E-state index contributed by atoms with van der Waals surface area (Å²) >= 11 is 0. The Morgan fingerprint density at radius 3 is 2.67 bits per heavy atom. The Balaban J connectivity index is 2.07. The molecule has 0 amide bonds.